The highest BCUT2D eigenvalue weighted by atomic mass is 16.5. The third-order valence-corrected chi connectivity index (χ3v) is 6.22. The zero-order valence-corrected chi connectivity index (χ0v) is 23.2. The van der Waals surface area contributed by atoms with Gasteiger partial charge in [-0.1, -0.05) is 52.0 Å². The van der Waals surface area contributed by atoms with Gasteiger partial charge >= 0.3 is 17.6 Å². The number of benzene rings is 2. The predicted molar refractivity (Wildman–Crippen MR) is 144 cm³/mol. The van der Waals surface area contributed by atoms with E-state index in [4.69, 9.17) is 9.47 Å². The third kappa shape index (κ3) is 6.70. The molecule has 9 nitrogen and oxygen atoms in total. The second-order valence-corrected chi connectivity index (χ2v) is 10.9. The van der Waals surface area contributed by atoms with Gasteiger partial charge in [-0.05, 0) is 67.5 Å². The van der Waals surface area contributed by atoms with Crippen LogP contribution in [0.25, 0.3) is 0 Å². The molecule has 0 amide bonds. The number of rotatable bonds is 10. The van der Waals surface area contributed by atoms with Crippen molar-refractivity contribution in [1.29, 1.82) is 0 Å². The normalized spacial score (nSPS) is 11.9. The fourth-order valence-corrected chi connectivity index (χ4v) is 3.85. The molecule has 38 heavy (non-hydrogen) atoms. The van der Waals surface area contributed by atoms with Crippen molar-refractivity contribution in [3.8, 4) is 5.75 Å². The standard InChI is InChI=1S/C29H37N3O6/c1-8-15-31-24(30-32(27(31)36)17-20-9-12-22(13-10-20)28(3,4)5)18-37-25(33)21-11-14-23(19(2)16-21)38-29(6,7)26(34)35/h9-14,16H,8,15,17-18H2,1-7H3,(H,34,35). The zero-order chi connectivity index (χ0) is 28.3. The Kier molecular flexibility index (Phi) is 8.49. The number of hydrogen-bond donors (Lipinski definition) is 1. The third-order valence-electron chi connectivity index (χ3n) is 6.22. The van der Waals surface area contributed by atoms with Crippen LogP contribution in [-0.4, -0.2) is 37.0 Å². The summed E-state index contributed by atoms with van der Waals surface area (Å²) in [5, 5.41) is 13.8. The van der Waals surface area contributed by atoms with Crippen LogP contribution in [0.5, 0.6) is 5.75 Å². The molecule has 204 valence electrons. The van der Waals surface area contributed by atoms with Gasteiger partial charge in [0.15, 0.2) is 18.0 Å². The molecule has 3 aromatic rings. The molecule has 0 aliphatic rings. The molecule has 3 rings (SSSR count). The topological polar surface area (TPSA) is 113 Å². The summed E-state index contributed by atoms with van der Waals surface area (Å²) in [6, 6.07) is 12.8. The fraction of sp³-hybridized carbons (Fsp3) is 0.448. The molecule has 0 aliphatic carbocycles. The van der Waals surface area contributed by atoms with E-state index in [1.54, 1.807) is 19.1 Å². The molecule has 1 heterocycles. The van der Waals surface area contributed by atoms with Crippen molar-refractivity contribution in [2.75, 3.05) is 0 Å². The number of nitrogens with zero attached hydrogens (tertiary/aromatic N) is 3. The van der Waals surface area contributed by atoms with Crippen LogP contribution in [0, 0.1) is 6.92 Å². The van der Waals surface area contributed by atoms with Gasteiger partial charge in [-0.25, -0.2) is 19.1 Å². The molecule has 0 radical (unpaired) electrons. The number of carbonyl (C=O) groups is 2. The lowest BCUT2D eigenvalue weighted by atomic mass is 9.87. The molecule has 0 atom stereocenters. The second kappa shape index (κ2) is 11.2. The SMILES string of the molecule is CCCn1c(COC(=O)c2ccc(OC(C)(C)C(=O)O)c(C)c2)nn(Cc2ccc(C(C)(C)C)cc2)c1=O. The largest absolute Gasteiger partial charge is 0.478 e. The minimum absolute atomic E-state index is 0.0378. The molecule has 0 spiro atoms. The van der Waals surface area contributed by atoms with Crippen molar-refractivity contribution in [3.05, 3.63) is 81.0 Å². The van der Waals surface area contributed by atoms with E-state index in [0.29, 0.717) is 30.2 Å². The summed E-state index contributed by atoms with van der Waals surface area (Å²) in [6.07, 6.45) is 0.722. The molecule has 2 aromatic carbocycles. The minimum Gasteiger partial charge on any atom is -0.478 e. The van der Waals surface area contributed by atoms with Crippen molar-refractivity contribution in [3.63, 3.8) is 0 Å². The Hall–Kier alpha value is -3.88. The summed E-state index contributed by atoms with van der Waals surface area (Å²) in [4.78, 5) is 37.1. The van der Waals surface area contributed by atoms with Gasteiger partial charge in [-0.3, -0.25) is 4.57 Å². The van der Waals surface area contributed by atoms with Gasteiger partial charge in [0.2, 0.25) is 0 Å². The summed E-state index contributed by atoms with van der Waals surface area (Å²) in [5.74, 6) is -0.948. The lowest BCUT2D eigenvalue weighted by Gasteiger charge is -2.22. The Morgan fingerprint density at radius 3 is 2.24 bits per heavy atom. The number of hydrogen-bond acceptors (Lipinski definition) is 6. The molecule has 0 saturated carbocycles. The predicted octanol–water partition coefficient (Wildman–Crippen LogP) is 4.71. The van der Waals surface area contributed by atoms with E-state index in [0.717, 1.165) is 12.0 Å². The van der Waals surface area contributed by atoms with Crippen LogP contribution >= 0.6 is 0 Å². The summed E-state index contributed by atoms with van der Waals surface area (Å²) < 4.78 is 14.0. The maximum Gasteiger partial charge on any atom is 0.347 e. The number of carbonyl (C=O) groups excluding carboxylic acids is 1. The molecule has 0 unspecified atom stereocenters. The molecular formula is C29H37N3O6. The molecule has 0 bridgehead atoms. The van der Waals surface area contributed by atoms with Gasteiger partial charge in [-0.2, -0.15) is 5.10 Å². The number of carboxylic acid groups (broad SMARTS) is 1. The first-order valence-corrected chi connectivity index (χ1v) is 12.7. The Labute approximate surface area is 223 Å². The van der Waals surface area contributed by atoms with E-state index in [2.05, 4.69) is 38.0 Å². The molecule has 9 heteroatoms. The monoisotopic (exact) mass is 523 g/mol. The quantitative estimate of drug-likeness (QED) is 0.383. The van der Waals surface area contributed by atoms with E-state index >= 15 is 0 Å². The number of carboxylic acids is 1. The average molecular weight is 524 g/mol. The summed E-state index contributed by atoms with van der Waals surface area (Å²) in [6.45, 7) is 13.6. The molecule has 0 saturated heterocycles. The van der Waals surface area contributed by atoms with Gasteiger partial charge < -0.3 is 14.6 Å². The van der Waals surface area contributed by atoms with Crippen LogP contribution < -0.4 is 10.4 Å². The number of ether oxygens (including phenoxy) is 2. The molecular weight excluding hydrogens is 486 g/mol. The molecule has 1 aromatic heterocycles. The molecule has 0 fully saturated rings. The first kappa shape index (κ1) is 28.7. The smallest absolute Gasteiger partial charge is 0.347 e. The van der Waals surface area contributed by atoms with E-state index in [1.165, 1.54) is 34.7 Å². The van der Waals surface area contributed by atoms with E-state index in [1.807, 2.05) is 19.1 Å². The van der Waals surface area contributed by atoms with E-state index < -0.39 is 17.5 Å². The Balaban J connectivity index is 1.74. The Morgan fingerprint density at radius 1 is 1.03 bits per heavy atom. The summed E-state index contributed by atoms with van der Waals surface area (Å²) in [7, 11) is 0. The van der Waals surface area contributed by atoms with Crippen LogP contribution in [0.4, 0.5) is 0 Å². The highest BCUT2D eigenvalue weighted by Gasteiger charge is 2.30. The first-order valence-electron chi connectivity index (χ1n) is 12.7. The van der Waals surface area contributed by atoms with Crippen molar-refractivity contribution in [1.82, 2.24) is 14.3 Å². The minimum atomic E-state index is -1.41. The van der Waals surface area contributed by atoms with Gasteiger partial charge in [-0.15, -0.1) is 0 Å². The highest BCUT2D eigenvalue weighted by molar-refractivity contribution is 5.89. The van der Waals surface area contributed by atoms with E-state index in [-0.39, 0.29) is 23.3 Å². The van der Waals surface area contributed by atoms with Crippen LogP contribution in [0.15, 0.2) is 47.3 Å². The second-order valence-electron chi connectivity index (χ2n) is 10.9. The van der Waals surface area contributed by atoms with Gasteiger partial charge in [0.05, 0.1) is 12.1 Å². The zero-order valence-electron chi connectivity index (χ0n) is 23.2. The van der Waals surface area contributed by atoms with Gasteiger partial charge in [0.1, 0.15) is 5.75 Å². The Morgan fingerprint density at radius 2 is 1.68 bits per heavy atom. The van der Waals surface area contributed by atoms with Gasteiger partial charge in [0, 0.05) is 6.54 Å². The van der Waals surface area contributed by atoms with Crippen molar-refractivity contribution < 1.29 is 24.2 Å². The number of aromatic nitrogens is 3. The maximum atomic E-state index is 13.0. The lowest BCUT2D eigenvalue weighted by Crippen LogP contribution is -2.38. The first-order chi connectivity index (χ1) is 17.7. The number of aliphatic carboxylic acids is 1. The van der Waals surface area contributed by atoms with Crippen molar-refractivity contribution in [2.45, 2.75) is 85.6 Å². The van der Waals surface area contributed by atoms with Crippen molar-refractivity contribution >= 4 is 11.9 Å². The fourth-order valence-electron chi connectivity index (χ4n) is 3.85. The maximum absolute atomic E-state index is 13.0. The van der Waals surface area contributed by atoms with Crippen LogP contribution in [0.1, 0.15) is 80.8 Å². The van der Waals surface area contributed by atoms with Crippen LogP contribution in [0.3, 0.4) is 0 Å². The van der Waals surface area contributed by atoms with E-state index in [9.17, 15) is 19.5 Å². The lowest BCUT2D eigenvalue weighted by molar-refractivity contribution is -0.152. The van der Waals surface area contributed by atoms with Crippen LogP contribution in [-0.2, 0) is 34.6 Å². The van der Waals surface area contributed by atoms with Gasteiger partial charge in [0.25, 0.3) is 0 Å². The summed E-state index contributed by atoms with van der Waals surface area (Å²) in [5.41, 5.74) is 1.41. The van der Waals surface area contributed by atoms with Crippen molar-refractivity contribution in [2.24, 2.45) is 0 Å². The Bertz CT molecular complexity index is 1360. The average Bonchev–Trinajstić information content (AvgIpc) is 3.12. The van der Waals surface area contributed by atoms with Crippen LogP contribution in [0.2, 0.25) is 0 Å². The molecule has 1 N–H and O–H groups in total. The highest BCUT2D eigenvalue weighted by Crippen LogP contribution is 2.25. The summed E-state index contributed by atoms with van der Waals surface area (Å²) >= 11 is 0. The number of aryl methyl sites for hydroxylation is 1. The molecule has 0 aliphatic heterocycles. The number of esters is 1.